The highest BCUT2D eigenvalue weighted by atomic mass is 35.5. The van der Waals surface area contributed by atoms with Crippen LogP contribution in [0.4, 0.5) is 0 Å². The van der Waals surface area contributed by atoms with Crippen LogP contribution >= 0.6 is 22.9 Å². The van der Waals surface area contributed by atoms with Crippen molar-refractivity contribution in [2.45, 2.75) is 18.4 Å². The van der Waals surface area contributed by atoms with Crippen molar-refractivity contribution in [1.82, 2.24) is 9.71 Å². The fourth-order valence-corrected chi connectivity index (χ4v) is 3.88. The molecule has 0 aliphatic carbocycles. The normalized spacial score (nSPS) is 11.5. The summed E-state index contributed by atoms with van der Waals surface area (Å²) in [5.74, 6) is -1.14. The molecule has 0 radical (unpaired) electrons. The third kappa shape index (κ3) is 3.79. The number of benzene rings is 1. The Morgan fingerprint density at radius 2 is 2.19 bits per heavy atom. The van der Waals surface area contributed by atoms with Gasteiger partial charge in [-0.25, -0.2) is 22.9 Å². The van der Waals surface area contributed by atoms with E-state index < -0.39 is 16.0 Å². The Kier molecular flexibility index (Phi) is 4.62. The lowest BCUT2D eigenvalue weighted by Crippen LogP contribution is -2.24. The van der Waals surface area contributed by atoms with Crippen molar-refractivity contribution in [3.8, 4) is 0 Å². The second-order valence-corrected chi connectivity index (χ2v) is 7.28. The molecule has 2 N–H and O–H groups in total. The summed E-state index contributed by atoms with van der Waals surface area (Å²) in [7, 11) is -3.71. The Balaban J connectivity index is 2.15. The number of rotatable bonds is 5. The molecule has 1 aromatic carbocycles. The lowest BCUT2D eigenvalue weighted by Gasteiger charge is -2.08. The number of aromatic carboxylic acids is 1. The van der Waals surface area contributed by atoms with E-state index in [1.54, 1.807) is 13.0 Å². The van der Waals surface area contributed by atoms with Gasteiger partial charge in [0.05, 0.1) is 11.4 Å². The van der Waals surface area contributed by atoms with Crippen LogP contribution in [0.2, 0.25) is 5.02 Å². The van der Waals surface area contributed by atoms with E-state index in [0.717, 1.165) is 11.3 Å². The summed E-state index contributed by atoms with van der Waals surface area (Å²) in [4.78, 5) is 14.6. The smallest absolute Gasteiger partial charge is 0.355 e. The molecule has 112 valence electrons. The van der Waals surface area contributed by atoms with Gasteiger partial charge in [-0.15, -0.1) is 11.3 Å². The van der Waals surface area contributed by atoms with Gasteiger partial charge in [0, 0.05) is 10.4 Å². The second-order valence-electron chi connectivity index (χ2n) is 4.17. The maximum atomic E-state index is 12.2. The van der Waals surface area contributed by atoms with Crippen molar-refractivity contribution in [2.75, 3.05) is 0 Å². The molecule has 0 saturated heterocycles. The SMILES string of the molecule is Cc1cc(Cl)ccc1S(=O)(=O)NCc1nc(C(=O)O)cs1. The van der Waals surface area contributed by atoms with E-state index in [-0.39, 0.29) is 17.1 Å². The third-order valence-corrected chi connectivity index (χ3v) is 5.26. The Labute approximate surface area is 130 Å². The minimum atomic E-state index is -3.71. The Morgan fingerprint density at radius 1 is 1.48 bits per heavy atom. The summed E-state index contributed by atoms with van der Waals surface area (Å²) in [6, 6.07) is 4.47. The number of nitrogens with one attached hydrogen (secondary N) is 1. The quantitative estimate of drug-likeness (QED) is 0.865. The van der Waals surface area contributed by atoms with E-state index in [0.29, 0.717) is 15.6 Å². The third-order valence-electron chi connectivity index (χ3n) is 2.61. The summed E-state index contributed by atoms with van der Waals surface area (Å²) in [5, 5.41) is 11.0. The van der Waals surface area contributed by atoms with Crippen molar-refractivity contribution >= 4 is 38.9 Å². The Morgan fingerprint density at radius 3 is 2.76 bits per heavy atom. The molecule has 9 heteroatoms. The Bertz CT molecular complexity index is 786. The number of sulfonamides is 1. The van der Waals surface area contributed by atoms with Crippen LogP contribution in [-0.4, -0.2) is 24.5 Å². The van der Waals surface area contributed by atoms with Crippen molar-refractivity contribution in [3.63, 3.8) is 0 Å². The zero-order valence-corrected chi connectivity index (χ0v) is 13.2. The topological polar surface area (TPSA) is 96.4 Å². The van der Waals surface area contributed by atoms with E-state index in [4.69, 9.17) is 16.7 Å². The molecular formula is C12H11ClN2O4S2. The number of nitrogens with zero attached hydrogens (tertiary/aromatic N) is 1. The van der Waals surface area contributed by atoms with Crippen LogP contribution in [0.15, 0.2) is 28.5 Å². The van der Waals surface area contributed by atoms with Gasteiger partial charge in [-0.3, -0.25) is 0 Å². The van der Waals surface area contributed by atoms with Crippen molar-refractivity contribution in [1.29, 1.82) is 0 Å². The minimum absolute atomic E-state index is 0.0671. The molecule has 1 heterocycles. The van der Waals surface area contributed by atoms with E-state index in [1.165, 1.54) is 17.5 Å². The number of carboxylic acid groups (broad SMARTS) is 1. The number of halogens is 1. The second kappa shape index (κ2) is 6.10. The zero-order chi connectivity index (χ0) is 15.6. The molecule has 0 spiro atoms. The summed E-state index contributed by atoms with van der Waals surface area (Å²) in [6.07, 6.45) is 0. The van der Waals surface area contributed by atoms with Gasteiger partial charge in [-0.05, 0) is 30.7 Å². The molecule has 21 heavy (non-hydrogen) atoms. The van der Waals surface area contributed by atoms with Crippen LogP contribution in [-0.2, 0) is 16.6 Å². The number of aromatic nitrogens is 1. The van der Waals surface area contributed by atoms with Gasteiger partial charge in [0.1, 0.15) is 5.01 Å². The van der Waals surface area contributed by atoms with Crippen LogP contribution in [0.1, 0.15) is 21.1 Å². The molecule has 0 amide bonds. The Hall–Kier alpha value is -1.48. The first-order valence-corrected chi connectivity index (χ1v) is 8.47. The molecule has 6 nitrogen and oxygen atoms in total. The minimum Gasteiger partial charge on any atom is -0.476 e. The molecule has 2 aromatic rings. The largest absolute Gasteiger partial charge is 0.476 e. The predicted molar refractivity (Wildman–Crippen MR) is 79.3 cm³/mol. The molecule has 0 saturated carbocycles. The first kappa shape index (κ1) is 15.9. The van der Waals surface area contributed by atoms with Crippen LogP contribution in [0.25, 0.3) is 0 Å². The molecule has 0 unspecified atom stereocenters. The summed E-state index contributed by atoms with van der Waals surface area (Å²) < 4.78 is 26.8. The first-order valence-electron chi connectivity index (χ1n) is 5.73. The van der Waals surface area contributed by atoms with E-state index >= 15 is 0 Å². The number of aryl methyl sites for hydroxylation is 1. The lowest BCUT2D eigenvalue weighted by atomic mass is 10.2. The van der Waals surface area contributed by atoms with Crippen LogP contribution in [0, 0.1) is 6.92 Å². The average molecular weight is 347 g/mol. The number of hydrogen-bond donors (Lipinski definition) is 2. The van der Waals surface area contributed by atoms with Gasteiger partial charge in [0.25, 0.3) is 0 Å². The highest BCUT2D eigenvalue weighted by Crippen LogP contribution is 2.20. The molecule has 1 aromatic heterocycles. The van der Waals surface area contributed by atoms with Gasteiger partial charge in [0.2, 0.25) is 10.0 Å². The van der Waals surface area contributed by atoms with E-state index in [1.807, 2.05) is 0 Å². The van der Waals surface area contributed by atoms with Gasteiger partial charge in [-0.1, -0.05) is 11.6 Å². The molecule has 0 atom stereocenters. The van der Waals surface area contributed by atoms with Crippen LogP contribution in [0.5, 0.6) is 0 Å². The molecule has 0 aliphatic rings. The van der Waals surface area contributed by atoms with E-state index in [2.05, 4.69) is 9.71 Å². The van der Waals surface area contributed by atoms with Gasteiger partial charge < -0.3 is 5.11 Å². The maximum absolute atomic E-state index is 12.2. The van der Waals surface area contributed by atoms with Crippen LogP contribution < -0.4 is 4.72 Å². The first-order chi connectivity index (χ1) is 9.79. The van der Waals surface area contributed by atoms with Crippen molar-refractivity contribution < 1.29 is 18.3 Å². The fourth-order valence-electron chi connectivity index (χ4n) is 1.64. The highest BCUT2D eigenvalue weighted by molar-refractivity contribution is 7.89. The zero-order valence-electron chi connectivity index (χ0n) is 10.8. The molecule has 0 bridgehead atoms. The number of thiazole rings is 1. The predicted octanol–water partition coefficient (Wildman–Crippen LogP) is 2.28. The summed E-state index contributed by atoms with van der Waals surface area (Å²) in [6.45, 7) is 1.58. The molecule has 0 aliphatic heterocycles. The molecule has 2 rings (SSSR count). The van der Waals surface area contributed by atoms with Gasteiger partial charge in [-0.2, -0.15) is 0 Å². The number of carboxylic acids is 1. The van der Waals surface area contributed by atoms with Crippen molar-refractivity contribution in [3.05, 3.63) is 44.9 Å². The van der Waals surface area contributed by atoms with Crippen molar-refractivity contribution in [2.24, 2.45) is 0 Å². The highest BCUT2D eigenvalue weighted by Gasteiger charge is 2.18. The van der Waals surface area contributed by atoms with Gasteiger partial charge in [0.15, 0.2) is 5.69 Å². The van der Waals surface area contributed by atoms with Gasteiger partial charge >= 0.3 is 5.97 Å². The molecular weight excluding hydrogens is 336 g/mol. The average Bonchev–Trinajstić information content (AvgIpc) is 2.85. The summed E-state index contributed by atoms with van der Waals surface area (Å²) in [5.41, 5.74) is 0.428. The maximum Gasteiger partial charge on any atom is 0.355 e. The summed E-state index contributed by atoms with van der Waals surface area (Å²) >= 11 is 6.87. The number of carbonyl (C=O) groups is 1. The van der Waals surface area contributed by atoms with Crippen LogP contribution in [0.3, 0.4) is 0 Å². The number of hydrogen-bond acceptors (Lipinski definition) is 5. The standard InChI is InChI=1S/C12H11ClN2O4S2/c1-7-4-8(13)2-3-10(7)21(18,19)14-5-11-15-9(6-20-11)12(16)17/h2-4,6,14H,5H2,1H3,(H,16,17). The molecule has 0 fully saturated rings. The fraction of sp³-hybridized carbons (Fsp3) is 0.167. The van der Waals surface area contributed by atoms with E-state index in [9.17, 15) is 13.2 Å². The lowest BCUT2D eigenvalue weighted by molar-refractivity contribution is 0.0691. The monoisotopic (exact) mass is 346 g/mol.